The SMILES string of the molecule is CC(Cl)c1nc2c(C#N)cccc2n1C1CCS(=O)CC1. The van der Waals surface area contributed by atoms with Crippen LogP contribution in [-0.2, 0) is 10.8 Å². The average Bonchev–Trinajstić information content (AvgIpc) is 2.87. The van der Waals surface area contributed by atoms with Gasteiger partial charge in [0.05, 0.1) is 16.5 Å². The lowest BCUT2D eigenvalue weighted by molar-refractivity contribution is 0.457. The molecule has 0 radical (unpaired) electrons. The maximum absolute atomic E-state index is 11.6. The van der Waals surface area contributed by atoms with Crippen molar-refractivity contribution in [1.82, 2.24) is 9.55 Å². The molecule has 1 unspecified atom stereocenters. The number of alkyl halides is 1. The highest BCUT2D eigenvalue weighted by atomic mass is 35.5. The van der Waals surface area contributed by atoms with Crippen molar-refractivity contribution in [3.63, 3.8) is 0 Å². The number of benzene rings is 1. The van der Waals surface area contributed by atoms with Gasteiger partial charge < -0.3 is 4.57 Å². The van der Waals surface area contributed by atoms with Crippen molar-refractivity contribution in [1.29, 1.82) is 5.26 Å². The van der Waals surface area contributed by atoms with E-state index in [-0.39, 0.29) is 11.4 Å². The van der Waals surface area contributed by atoms with E-state index in [0.29, 0.717) is 11.1 Å². The van der Waals surface area contributed by atoms with Crippen LogP contribution in [0.15, 0.2) is 18.2 Å². The number of aromatic nitrogens is 2. The zero-order valence-electron chi connectivity index (χ0n) is 11.8. The van der Waals surface area contributed by atoms with Gasteiger partial charge in [-0.1, -0.05) is 6.07 Å². The molecule has 1 aromatic carbocycles. The van der Waals surface area contributed by atoms with Gasteiger partial charge in [0.2, 0.25) is 0 Å². The normalized spacial score (nSPS) is 23.9. The third kappa shape index (κ3) is 2.58. The molecule has 0 bridgehead atoms. The number of hydrogen-bond donors (Lipinski definition) is 0. The molecule has 0 N–H and O–H groups in total. The highest BCUT2D eigenvalue weighted by molar-refractivity contribution is 7.85. The Morgan fingerprint density at radius 1 is 1.48 bits per heavy atom. The highest BCUT2D eigenvalue weighted by Crippen LogP contribution is 2.33. The maximum Gasteiger partial charge on any atom is 0.128 e. The molecule has 1 aliphatic rings. The quantitative estimate of drug-likeness (QED) is 0.797. The number of hydrogen-bond acceptors (Lipinski definition) is 3. The summed E-state index contributed by atoms with van der Waals surface area (Å²) >= 11 is 6.30. The average molecular weight is 322 g/mol. The van der Waals surface area contributed by atoms with Crippen LogP contribution in [0.5, 0.6) is 0 Å². The molecule has 0 spiro atoms. The summed E-state index contributed by atoms with van der Waals surface area (Å²) in [6.45, 7) is 1.90. The molecular weight excluding hydrogens is 306 g/mol. The summed E-state index contributed by atoms with van der Waals surface area (Å²) in [7, 11) is -0.699. The minimum atomic E-state index is -0.699. The maximum atomic E-state index is 11.6. The second-order valence-corrected chi connectivity index (χ2v) is 7.67. The van der Waals surface area contributed by atoms with Gasteiger partial charge in [-0.15, -0.1) is 11.6 Å². The van der Waals surface area contributed by atoms with Crippen LogP contribution in [0.25, 0.3) is 11.0 Å². The van der Waals surface area contributed by atoms with Gasteiger partial charge in [0.15, 0.2) is 0 Å². The van der Waals surface area contributed by atoms with Crippen molar-refractivity contribution in [2.75, 3.05) is 11.5 Å². The van der Waals surface area contributed by atoms with Gasteiger partial charge in [0.25, 0.3) is 0 Å². The molecule has 2 aromatic rings. The molecule has 21 heavy (non-hydrogen) atoms. The zero-order chi connectivity index (χ0) is 15.0. The summed E-state index contributed by atoms with van der Waals surface area (Å²) in [5.41, 5.74) is 2.24. The molecule has 3 rings (SSSR count). The van der Waals surface area contributed by atoms with Crippen molar-refractivity contribution in [3.8, 4) is 6.07 Å². The predicted molar refractivity (Wildman–Crippen MR) is 84.9 cm³/mol. The van der Waals surface area contributed by atoms with E-state index >= 15 is 0 Å². The molecule has 6 heteroatoms. The van der Waals surface area contributed by atoms with Crippen LogP contribution < -0.4 is 0 Å². The third-order valence-corrected chi connectivity index (χ3v) is 5.52. The monoisotopic (exact) mass is 321 g/mol. The van der Waals surface area contributed by atoms with E-state index < -0.39 is 10.8 Å². The minimum absolute atomic E-state index is 0.226. The molecule has 1 aliphatic heterocycles. The van der Waals surface area contributed by atoms with E-state index in [1.54, 1.807) is 6.07 Å². The molecule has 0 amide bonds. The molecular formula is C15H16ClN3OS. The lowest BCUT2D eigenvalue weighted by Gasteiger charge is -2.25. The van der Waals surface area contributed by atoms with Gasteiger partial charge >= 0.3 is 0 Å². The fourth-order valence-electron chi connectivity index (χ4n) is 2.93. The second kappa shape index (κ2) is 5.78. The molecule has 1 fully saturated rings. The lowest BCUT2D eigenvalue weighted by Crippen LogP contribution is -2.23. The standard InChI is InChI=1S/C15H16ClN3OS/c1-10(16)15-18-14-11(9-17)3-2-4-13(14)19(15)12-5-7-21(20)8-6-12/h2-4,10,12H,5-8H2,1H3. The van der Waals surface area contributed by atoms with E-state index in [4.69, 9.17) is 11.6 Å². The van der Waals surface area contributed by atoms with E-state index in [0.717, 1.165) is 35.7 Å². The molecule has 4 nitrogen and oxygen atoms in total. The van der Waals surface area contributed by atoms with Crippen molar-refractivity contribution < 1.29 is 4.21 Å². The Bertz CT molecular complexity index is 737. The number of nitrogens with zero attached hydrogens (tertiary/aromatic N) is 3. The Morgan fingerprint density at radius 3 is 2.81 bits per heavy atom. The van der Waals surface area contributed by atoms with Gasteiger partial charge in [0.1, 0.15) is 17.4 Å². The lowest BCUT2D eigenvalue weighted by atomic mass is 10.1. The summed E-state index contributed by atoms with van der Waals surface area (Å²) in [5.74, 6) is 2.24. The molecule has 1 saturated heterocycles. The predicted octanol–water partition coefficient (Wildman–Crippen LogP) is 3.29. The number of nitriles is 1. The summed E-state index contributed by atoms with van der Waals surface area (Å²) in [4.78, 5) is 4.61. The van der Waals surface area contributed by atoms with Crippen LogP contribution in [0.1, 0.15) is 42.6 Å². The molecule has 1 aromatic heterocycles. The first-order valence-corrected chi connectivity index (χ1v) is 8.94. The molecule has 110 valence electrons. The van der Waals surface area contributed by atoms with Crippen molar-refractivity contribution in [3.05, 3.63) is 29.6 Å². The largest absolute Gasteiger partial charge is 0.324 e. The van der Waals surface area contributed by atoms with Crippen LogP contribution >= 0.6 is 11.6 Å². The fraction of sp³-hybridized carbons (Fsp3) is 0.467. The molecule has 2 heterocycles. The Labute approximate surface area is 131 Å². The number of para-hydroxylation sites is 1. The minimum Gasteiger partial charge on any atom is -0.324 e. The van der Waals surface area contributed by atoms with Gasteiger partial charge in [-0.2, -0.15) is 5.26 Å². The Balaban J connectivity index is 2.17. The van der Waals surface area contributed by atoms with Gasteiger partial charge in [-0.3, -0.25) is 4.21 Å². The molecule has 0 saturated carbocycles. The zero-order valence-corrected chi connectivity index (χ0v) is 13.3. The van der Waals surface area contributed by atoms with Crippen LogP contribution in [0.3, 0.4) is 0 Å². The number of fused-ring (bicyclic) bond motifs is 1. The fourth-order valence-corrected chi connectivity index (χ4v) is 4.36. The van der Waals surface area contributed by atoms with Crippen LogP contribution in [-0.4, -0.2) is 25.3 Å². The van der Waals surface area contributed by atoms with Crippen molar-refractivity contribution >= 4 is 33.4 Å². The first-order chi connectivity index (χ1) is 10.1. The molecule has 0 aliphatic carbocycles. The Hall–Kier alpha value is -1.38. The summed E-state index contributed by atoms with van der Waals surface area (Å²) < 4.78 is 13.7. The second-order valence-electron chi connectivity index (χ2n) is 5.32. The van der Waals surface area contributed by atoms with E-state index in [1.807, 2.05) is 19.1 Å². The number of imidazole rings is 1. The van der Waals surface area contributed by atoms with E-state index in [2.05, 4.69) is 15.6 Å². The summed E-state index contributed by atoms with van der Waals surface area (Å²) in [5, 5.41) is 9.02. The smallest absolute Gasteiger partial charge is 0.128 e. The highest BCUT2D eigenvalue weighted by Gasteiger charge is 2.26. The van der Waals surface area contributed by atoms with Crippen molar-refractivity contribution in [2.45, 2.75) is 31.2 Å². The first-order valence-electron chi connectivity index (χ1n) is 7.02. The van der Waals surface area contributed by atoms with Crippen LogP contribution in [0.2, 0.25) is 0 Å². The Morgan fingerprint density at radius 2 is 2.19 bits per heavy atom. The van der Waals surface area contributed by atoms with Gasteiger partial charge in [-0.25, -0.2) is 4.98 Å². The first kappa shape index (κ1) is 14.6. The van der Waals surface area contributed by atoms with Gasteiger partial charge in [-0.05, 0) is 31.9 Å². The third-order valence-electron chi connectivity index (χ3n) is 3.95. The summed E-state index contributed by atoms with van der Waals surface area (Å²) in [6.07, 6.45) is 1.73. The number of rotatable bonds is 2. The number of halogens is 1. The van der Waals surface area contributed by atoms with Crippen molar-refractivity contribution in [2.24, 2.45) is 0 Å². The van der Waals surface area contributed by atoms with E-state index in [9.17, 15) is 9.47 Å². The van der Waals surface area contributed by atoms with Crippen LogP contribution in [0, 0.1) is 11.3 Å². The topological polar surface area (TPSA) is 58.7 Å². The van der Waals surface area contributed by atoms with Crippen LogP contribution in [0.4, 0.5) is 0 Å². The summed E-state index contributed by atoms with van der Waals surface area (Å²) in [6, 6.07) is 8.09. The van der Waals surface area contributed by atoms with E-state index in [1.165, 1.54) is 0 Å². The molecule has 1 atom stereocenters. The Kier molecular flexibility index (Phi) is 4.01. The van der Waals surface area contributed by atoms with Gasteiger partial charge in [0, 0.05) is 28.3 Å².